The molecular weight excluding hydrogens is 552 g/mol. The van der Waals surface area contributed by atoms with Gasteiger partial charge in [-0.2, -0.15) is 0 Å². The van der Waals surface area contributed by atoms with Crippen molar-refractivity contribution in [1.82, 2.24) is 14.9 Å². The monoisotopic (exact) mass is 586 g/mol. The average molecular weight is 587 g/mol. The van der Waals surface area contributed by atoms with E-state index in [2.05, 4.69) is 15.3 Å². The van der Waals surface area contributed by atoms with Crippen molar-refractivity contribution in [2.75, 3.05) is 32.4 Å². The van der Waals surface area contributed by atoms with Gasteiger partial charge in [-0.1, -0.05) is 48.2 Å². The SMILES string of the molecule is COc1ccc(NC(=O)[C@@H](c2ccc(OC)c(OC)c2)N(Cc2ccccc2)C(=O)CSc2nc(C)cc(C)n2)cc1. The third kappa shape index (κ3) is 7.79. The summed E-state index contributed by atoms with van der Waals surface area (Å²) in [6, 6.07) is 22.7. The van der Waals surface area contributed by atoms with E-state index in [1.165, 1.54) is 18.9 Å². The van der Waals surface area contributed by atoms with Crippen molar-refractivity contribution in [3.8, 4) is 17.2 Å². The number of nitrogens with zero attached hydrogens (tertiary/aromatic N) is 3. The molecule has 10 heteroatoms. The summed E-state index contributed by atoms with van der Waals surface area (Å²) in [5.74, 6) is 1.02. The van der Waals surface area contributed by atoms with E-state index in [1.54, 1.807) is 61.6 Å². The lowest BCUT2D eigenvalue weighted by Crippen LogP contribution is -2.41. The zero-order valence-electron chi connectivity index (χ0n) is 24.3. The van der Waals surface area contributed by atoms with Crippen molar-refractivity contribution < 1.29 is 23.8 Å². The van der Waals surface area contributed by atoms with Crippen molar-refractivity contribution in [3.05, 3.63) is 101 Å². The molecule has 0 bridgehead atoms. The van der Waals surface area contributed by atoms with Crippen molar-refractivity contribution in [3.63, 3.8) is 0 Å². The molecule has 3 aromatic carbocycles. The molecule has 4 rings (SSSR count). The summed E-state index contributed by atoms with van der Waals surface area (Å²) in [6.07, 6.45) is 0. The van der Waals surface area contributed by atoms with Gasteiger partial charge in [-0.15, -0.1) is 0 Å². The van der Waals surface area contributed by atoms with Gasteiger partial charge in [-0.05, 0) is 67.4 Å². The van der Waals surface area contributed by atoms with Crippen LogP contribution in [0.1, 0.15) is 28.6 Å². The van der Waals surface area contributed by atoms with Crippen LogP contribution < -0.4 is 19.5 Å². The molecule has 1 N–H and O–H groups in total. The quantitative estimate of drug-likeness (QED) is 0.169. The van der Waals surface area contributed by atoms with Crippen LogP contribution in [0.5, 0.6) is 17.2 Å². The molecule has 0 radical (unpaired) electrons. The molecule has 1 aromatic heterocycles. The number of benzene rings is 3. The number of ether oxygens (including phenoxy) is 3. The molecular formula is C32H34N4O5S. The van der Waals surface area contributed by atoms with E-state index >= 15 is 0 Å². The number of thioether (sulfide) groups is 1. The maximum absolute atomic E-state index is 14.1. The molecule has 0 saturated carbocycles. The predicted octanol–water partition coefficient (Wildman–Crippen LogP) is 5.62. The fraction of sp³-hybridized carbons (Fsp3) is 0.250. The van der Waals surface area contributed by atoms with Crippen LogP contribution in [-0.4, -0.2) is 53.8 Å². The molecule has 0 fully saturated rings. The highest BCUT2D eigenvalue weighted by molar-refractivity contribution is 7.99. The van der Waals surface area contributed by atoms with E-state index < -0.39 is 6.04 Å². The van der Waals surface area contributed by atoms with Crippen molar-refractivity contribution in [2.45, 2.75) is 31.6 Å². The summed E-state index contributed by atoms with van der Waals surface area (Å²) in [6.45, 7) is 3.97. The molecule has 0 saturated heterocycles. The largest absolute Gasteiger partial charge is 0.497 e. The summed E-state index contributed by atoms with van der Waals surface area (Å²) in [5, 5.41) is 3.48. The lowest BCUT2D eigenvalue weighted by molar-refractivity contribution is -0.137. The summed E-state index contributed by atoms with van der Waals surface area (Å²) >= 11 is 1.24. The number of methoxy groups -OCH3 is 3. The van der Waals surface area contributed by atoms with E-state index in [0.29, 0.717) is 33.7 Å². The average Bonchev–Trinajstić information content (AvgIpc) is 2.99. The van der Waals surface area contributed by atoms with Gasteiger partial charge in [0.15, 0.2) is 16.7 Å². The highest BCUT2D eigenvalue weighted by atomic mass is 32.2. The maximum Gasteiger partial charge on any atom is 0.251 e. The first-order chi connectivity index (χ1) is 20.3. The Balaban J connectivity index is 1.74. The van der Waals surface area contributed by atoms with Gasteiger partial charge in [-0.3, -0.25) is 9.59 Å². The predicted molar refractivity (Wildman–Crippen MR) is 163 cm³/mol. The van der Waals surface area contributed by atoms with Crippen LogP contribution in [0.25, 0.3) is 0 Å². The Morgan fingerprint density at radius 1 is 0.833 bits per heavy atom. The van der Waals surface area contributed by atoms with Crippen LogP contribution in [0.3, 0.4) is 0 Å². The first kappa shape index (κ1) is 30.4. The summed E-state index contributed by atoms with van der Waals surface area (Å²) in [4.78, 5) is 38.6. The maximum atomic E-state index is 14.1. The second-order valence-electron chi connectivity index (χ2n) is 9.46. The molecule has 42 heavy (non-hydrogen) atoms. The highest BCUT2D eigenvalue weighted by Gasteiger charge is 2.33. The number of nitrogens with one attached hydrogen (secondary N) is 1. The first-order valence-corrected chi connectivity index (χ1v) is 14.2. The Morgan fingerprint density at radius 2 is 1.50 bits per heavy atom. The van der Waals surface area contributed by atoms with Gasteiger partial charge in [0.2, 0.25) is 5.91 Å². The third-order valence-corrected chi connectivity index (χ3v) is 7.28. The second kappa shape index (κ2) is 14.4. The molecule has 218 valence electrons. The van der Waals surface area contributed by atoms with Crippen molar-refractivity contribution in [1.29, 1.82) is 0 Å². The minimum absolute atomic E-state index is 0.0370. The number of amides is 2. The van der Waals surface area contributed by atoms with Crippen molar-refractivity contribution >= 4 is 29.3 Å². The molecule has 1 heterocycles. The smallest absolute Gasteiger partial charge is 0.251 e. The standard InChI is InChI=1S/C32H34N4O5S/c1-21-17-22(2)34-32(33-21)42-20-29(37)36(19-23-9-7-6-8-10-23)30(24-11-16-27(40-4)28(18-24)41-5)31(38)35-25-12-14-26(39-3)15-13-25/h6-18,30H,19-20H2,1-5H3,(H,35,38)/t30-/m1/s1. The lowest BCUT2D eigenvalue weighted by atomic mass is 10.0. The van der Waals surface area contributed by atoms with Crippen LogP contribution in [-0.2, 0) is 16.1 Å². The van der Waals surface area contributed by atoms with Crippen LogP contribution in [0.2, 0.25) is 0 Å². The zero-order chi connectivity index (χ0) is 30.1. The van der Waals surface area contributed by atoms with Gasteiger partial charge >= 0.3 is 0 Å². The number of aromatic nitrogens is 2. The number of hydrogen-bond donors (Lipinski definition) is 1. The fourth-order valence-electron chi connectivity index (χ4n) is 4.45. The molecule has 0 unspecified atom stereocenters. The van der Waals surface area contributed by atoms with Gasteiger partial charge in [-0.25, -0.2) is 9.97 Å². The molecule has 9 nitrogen and oxygen atoms in total. The minimum Gasteiger partial charge on any atom is -0.497 e. The van der Waals surface area contributed by atoms with E-state index in [0.717, 1.165) is 17.0 Å². The Labute approximate surface area is 250 Å². The van der Waals surface area contributed by atoms with E-state index in [9.17, 15) is 9.59 Å². The molecule has 0 aliphatic rings. The Morgan fingerprint density at radius 3 is 2.12 bits per heavy atom. The summed E-state index contributed by atoms with van der Waals surface area (Å²) in [5.41, 5.74) is 3.65. The van der Waals surface area contributed by atoms with Crippen LogP contribution in [0.4, 0.5) is 5.69 Å². The summed E-state index contributed by atoms with van der Waals surface area (Å²) in [7, 11) is 4.65. The van der Waals surface area contributed by atoms with Crippen molar-refractivity contribution in [2.24, 2.45) is 0 Å². The lowest BCUT2D eigenvalue weighted by Gasteiger charge is -2.32. The van der Waals surface area contributed by atoms with Gasteiger partial charge in [0, 0.05) is 23.6 Å². The topological polar surface area (TPSA) is 103 Å². The first-order valence-electron chi connectivity index (χ1n) is 13.3. The van der Waals surface area contributed by atoms with Crippen LogP contribution >= 0.6 is 11.8 Å². The number of carbonyl (C=O) groups excluding carboxylic acids is 2. The Bertz CT molecular complexity index is 1500. The summed E-state index contributed by atoms with van der Waals surface area (Å²) < 4.78 is 16.2. The van der Waals surface area contributed by atoms with Crippen LogP contribution in [0, 0.1) is 13.8 Å². The highest BCUT2D eigenvalue weighted by Crippen LogP contribution is 2.34. The van der Waals surface area contributed by atoms with E-state index in [4.69, 9.17) is 14.2 Å². The van der Waals surface area contributed by atoms with Gasteiger partial charge < -0.3 is 24.4 Å². The molecule has 0 spiro atoms. The molecule has 2 amide bonds. The zero-order valence-corrected chi connectivity index (χ0v) is 25.1. The van der Waals surface area contributed by atoms with Crippen LogP contribution in [0.15, 0.2) is 84.0 Å². The minimum atomic E-state index is -1.000. The Kier molecular flexibility index (Phi) is 10.4. The van der Waals surface area contributed by atoms with Gasteiger partial charge in [0.05, 0.1) is 27.1 Å². The number of hydrogen-bond acceptors (Lipinski definition) is 8. The molecule has 0 aliphatic carbocycles. The number of anilines is 1. The number of aryl methyl sites for hydroxylation is 2. The third-order valence-electron chi connectivity index (χ3n) is 6.44. The second-order valence-corrected chi connectivity index (χ2v) is 10.4. The van der Waals surface area contributed by atoms with E-state index in [-0.39, 0.29) is 24.1 Å². The van der Waals surface area contributed by atoms with Gasteiger partial charge in [0.1, 0.15) is 11.8 Å². The molecule has 4 aromatic rings. The normalized spacial score (nSPS) is 11.4. The molecule has 0 aliphatic heterocycles. The number of carbonyl (C=O) groups is 2. The Hall–Kier alpha value is -4.57. The van der Waals surface area contributed by atoms with Gasteiger partial charge in [0.25, 0.3) is 5.91 Å². The molecule has 1 atom stereocenters. The van der Waals surface area contributed by atoms with E-state index in [1.807, 2.05) is 50.2 Å². The number of rotatable bonds is 12. The fourth-order valence-corrected chi connectivity index (χ4v) is 5.29.